The highest BCUT2D eigenvalue weighted by Crippen LogP contribution is 2.30. The SMILES string of the molecule is CCNC(=O)[C@@H]1CCCN(C(=O)c2ccc(OC)c3ccccc23)C1. The summed E-state index contributed by atoms with van der Waals surface area (Å²) in [6, 6.07) is 11.4. The van der Waals surface area contributed by atoms with Gasteiger partial charge in [-0.15, -0.1) is 0 Å². The Morgan fingerprint density at radius 1 is 1.20 bits per heavy atom. The Morgan fingerprint density at radius 2 is 1.96 bits per heavy atom. The Hall–Kier alpha value is -2.56. The first-order valence-electron chi connectivity index (χ1n) is 8.78. The number of likely N-dealkylation sites (tertiary alicyclic amines) is 1. The third-order valence-corrected chi connectivity index (χ3v) is 4.76. The zero-order valence-corrected chi connectivity index (χ0v) is 14.7. The Kier molecular flexibility index (Phi) is 5.22. The summed E-state index contributed by atoms with van der Waals surface area (Å²) in [6.07, 6.45) is 1.68. The van der Waals surface area contributed by atoms with Crippen molar-refractivity contribution in [2.24, 2.45) is 5.92 Å². The number of benzene rings is 2. The minimum absolute atomic E-state index is 0.0205. The van der Waals surface area contributed by atoms with Gasteiger partial charge in [-0.3, -0.25) is 9.59 Å². The van der Waals surface area contributed by atoms with Crippen LogP contribution < -0.4 is 10.1 Å². The molecule has 1 aliphatic rings. The fraction of sp³-hybridized carbons (Fsp3) is 0.400. The van der Waals surface area contributed by atoms with Crippen molar-refractivity contribution < 1.29 is 14.3 Å². The summed E-state index contributed by atoms with van der Waals surface area (Å²) in [7, 11) is 1.63. The molecule has 25 heavy (non-hydrogen) atoms. The molecule has 0 radical (unpaired) electrons. The number of rotatable bonds is 4. The smallest absolute Gasteiger partial charge is 0.254 e. The van der Waals surface area contributed by atoms with E-state index in [0.29, 0.717) is 25.2 Å². The molecule has 0 spiro atoms. The van der Waals surface area contributed by atoms with Crippen LogP contribution in [0.4, 0.5) is 0 Å². The van der Waals surface area contributed by atoms with Crippen LogP contribution in [0.3, 0.4) is 0 Å². The largest absolute Gasteiger partial charge is 0.496 e. The lowest BCUT2D eigenvalue weighted by atomic mass is 9.95. The summed E-state index contributed by atoms with van der Waals surface area (Å²) in [4.78, 5) is 27.0. The maximum absolute atomic E-state index is 13.1. The normalized spacial score (nSPS) is 17.4. The molecule has 2 aromatic carbocycles. The van der Waals surface area contributed by atoms with E-state index in [0.717, 1.165) is 29.4 Å². The number of nitrogens with zero attached hydrogens (tertiary/aromatic N) is 1. The summed E-state index contributed by atoms with van der Waals surface area (Å²) in [5, 5.41) is 4.67. The third kappa shape index (κ3) is 3.45. The van der Waals surface area contributed by atoms with Gasteiger partial charge in [-0.25, -0.2) is 0 Å². The van der Waals surface area contributed by atoms with Gasteiger partial charge in [0.05, 0.1) is 13.0 Å². The molecule has 5 heteroatoms. The number of methoxy groups -OCH3 is 1. The van der Waals surface area contributed by atoms with Crippen LogP contribution in [0, 0.1) is 5.92 Å². The molecule has 0 aromatic heterocycles. The number of hydrogen-bond acceptors (Lipinski definition) is 3. The van der Waals surface area contributed by atoms with Crippen LogP contribution in [0.15, 0.2) is 36.4 Å². The van der Waals surface area contributed by atoms with E-state index in [9.17, 15) is 9.59 Å². The van der Waals surface area contributed by atoms with Crippen LogP contribution >= 0.6 is 0 Å². The molecule has 1 saturated heterocycles. The van der Waals surface area contributed by atoms with Crippen LogP contribution in [-0.2, 0) is 4.79 Å². The van der Waals surface area contributed by atoms with Crippen molar-refractivity contribution >= 4 is 22.6 Å². The summed E-state index contributed by atoms with van der Waals surface area (Å²) in [5.41, 5.74) is 0.660. The minimum Gasteiger partial charge on any atom is -0.496 e. The van der Waals surface area contributed by atoms with Gasteiger partial charge in [-0.05, 0) is 37.3 Å². The zero-order chi connectivity index (χ0) is 17.8. The van der Waals surface area contributed by atoms with Gasteiger partial charge < -0.3 is 15.0 Å². The average Bonchev–Trinajstić information content (AvgIpc) is 2.67. The van der Waals surface area contributed by atoms with E-state index in [1.165, 1.54) is 0 Å². The van der Waals surface area contributed by atoms with Crippen molar-refractivity contribution in [1.82, 2.24) is 10.2 Å². The minimum atomic E-state index is -0.123. The zero-order valence-electron chi connectivity index (χ0n) is 14.7. The summed E-state index contributed by atoms with van der Waals surface area (Å²) in [6.45, 7) is 3.69. The van der Waals surface area contributed by atoms with Crippen LogP contribution in [0.25, 0.3) is 10.8 Å². The number of carbonyl (C=O) groups is 2. The second-order valence-corrected chi connectivity index (χ2v) is 6.35. The van der Waals surface area contributed by atoms with Crippen LogP contribution in [0.2, 0.25) is 0 Å². The van der Waals surface area contributed by atoms with Gasteiger partial charge in [0, 0.05) is 30.6 Å². The Bertz CT molecular complexity index is 788. The molecule has 2 amide bonds. The van der Waals surface area contributed by atoms with Gasteiger partial charge in [0.2, 0.25) is 5.91 Å². The molecule has 0 unspecified atom stereocenters. The lowest BCUT2D eigenvalue weighted by molar-refractivity contribution is -0.126. The molecule has 2 aromatic rings. The molecule has 1 N–H and O–H groups in total. The fourth-order valence-corrected chi connectivity index (χ4v) is 3.50. The maximum Gasteiger partial charge on any atom is 0.254 e. The van der Waals surface area contributed by atoms with Crippen LogP contribution in [-0.4, -0.2) is 43.5 Å². The summed E-state index contributed by atoms with van der Waals surface area (Å²) in [5.74, 6) is 0.653. The lowest BCUT2D eigenvalue weighted by Gasteiger charge is -2.32. The van der Waals surface area contributed by atoms with Gasteiger partial charge in [0.15, 0.2) is 0 Å². The molecule has 0 saturated carbocycles. The highest BCUT2D eigenvalue weighted by atomic mass is 16.5. The lowest BCUT2D eigenvalue weighted by Crippen LogP contribution is -2.45. The first-order valence-corrected chi connectivity index (χ1v) is 8.78. The maximum atomic E-state index is 13.1. The average molecular weight is 340 g/mol. The van der Waals surface area contributed by atoms with E-state index in [-0.39, 0.29) is 17.7 Å². The van der Waals surface area contributed by atoms with Crippen molar-refractivity contribution in [3.63, 3.8) is 0 Å². The highest BCUT2D eigenvalue weighted by Gasteiger charge is 2.29. The molecule has 1 heterocycles. The van der Waals surface area contributed by atoms with Gasteiger partial charge in [-0.2, -0.15) is 0 Å². The predicted molar refractivity (Wildman–Crippen MR) is 97.8 cm³/mol. The molecule has 3 rings (SSSR count). The number of ether oxygens (including phenoxy) is 1. The molecule has 0 bridgehead atoms. The molecular weight excluding hydrogens is 316 g/mol. The molecule has 1 atom stereocenters. The molecular formula is C20H24N2O3. The number of amides is 2. The summed E-state index contributed by atoms with van der Waals surface area (Å²) < 4.78 is 5.41. The number of fused-ring (bicyclic) bond motifs is 1. The molecule has 1 fully saturated rings. The molecule has 1 aliphatic heterocycles. The van der Waals surface area contributed by atoms with Crippen molar-refractivity contribution in [3.8, 4) is 5.75 Å². The van der Waals surface area contributed by atoms with E-state index >= 15 is 0 Å². The molecule has 0 aliphatic carbocycles. The Balaban J connectivity index is 1.88. The fourth-order valence-electron chi connectivity index (χ4n) is 3.50. The standard InChI is InChI=1S/C20H24N2O3/c1-3-21-19(23)14-7-6-12-22(13-14)20(24)17-10-11-18(25-2)16-9-5-4-8-15(16)17/h4-5,8-11,14H,3,6-7,12-13H2,1-2H3,(H,21,23)/t14-/m1/s1. The summed E-state index contributed by atoms with van der Waals surface area (Å²) >= 11 is 0. The number of nitrogens with one attached hydrogen (secondary N) is 1. The second-order valence-electron chi connectivity index (χ2n) is 6.35. The van der Waals surface area contributed by atoms with Gasteiger partial charge in [0.1, 0.15) is 5.75 Å². The van der Waals surface area contributed by atoms with Crippen molar-refractivity contribution in [1.29, 1.82) is 0 Å². The van der Waals surface area contributed by atoms with E-state index in [1.807, 2.05) is 43.3 Å². The first kappa shape index (κ1) is 17.3. The van der Waals surface area contributed by atoms with E-state index in [4.69, 9.17) is 4.74 Å². The van der Waals surface area contributed by atoms with Crippen molar-refractivity contribution in [2.75, 3.05) is 26.7 Å². The van der Waals surface area contributed by atoms with E-state index in [2.05, 4.69) is 5.32 Å². The number of hydrogen-bond donors (Lipinski definition) is 1. The van der Waals surface area contributed by atoms with E-state index < -0.39 is 0 Å². The van der Waals surface area contributed by atoms with Crippen LogP contribution in [0.5, 0.6) is 5.75 Å². The number of piperidine rings is 1. The molecule has 5 nitrogen and oxygen atoms in total. The highest BCUT2D eigenvalue weighted by molar-refractivity contribution is 6.08. The second kappa shape index (κ2) is 7.55. The predicted octanol–water partition coefficient (Wildman–Crippen LogP) is 2.84. The monoisotopic (exact) mass is 340 g/mol. The van der Waals surface area contributed by atoms with Gasteiger partial charge in [-0.1, -0.05) is 24.3 Å². The first-order chi connectivity index (χ1) is 12.2. The quantitative estimate of drug-likeness (QED) is 0.931. The topological polar surface area (TPSA) is 58.6 Å². The Morgan fingerprint density at radius 3 is 2.68 bits per heavy atom. The van der Waals surface area contributed by atoms with Crippen molar-refractivity contribution in [3.05, 3.63) is 42.0 Å². The number of carbonyl (C=O) groups excluding carboxylic acids is 2. The van der Waals surface area contributed by atoms with Gasteiger partial charge in [0.25, 0.3) is 5.91 Å². The van der Waals surface area contributed by atoms with E-state index in [1.54, 1.807) is 12.0 Å². The molecule has 132 valence electrons. The Labute approximate surface area is 148 Å². The van der Waals surface area contributed by atoms with Crippen LogP contribution in [0.1, 0.15) is 30.1 Å². The van der Waals surface area contributed by atoms with Gasteiger partial charge >= 0.3 is 0 Å². The van der Waals surface area contributed by atoms with Crippen molar-refractivity contribution in [2.45, 2.75) is 19.8 Å². The third-order valence-electron chi connectivity index (χ3n) is 4.76.